The highest BCUT2D eigenvalue weighted by atomic mass is 16.6. The molecule has 2 unspecified atom stereocenters. The van der Waals surface area contributed by atoms with Crippen LogP contribution >= 0.6 is 0 Å². The van der Waals surface area contributed by atoms with Crippen LogP contribution in [0.25, 0.3) is 0 Å². The van der Waals surface area contributed by atoms with E-state index < -0.39 is 12.4 Å². The van der Waals surface area contributed by atoms with Crippen LogP contribution in [0, 0.1) is 0 Å². The van der Waals surface area contributed by atoms with E-state index in [0.717, 1.165) is 0 Å². The largest absolute Gasteiger partial charge is 0.491 e. The van der Waals surface area contributed by atoms with E-state index in [2.05, 4.69) is 0 Å². The molecule has 0 spiro atoms. The van der Waals surface area contributed by atoms with E-state index in [1.54, 1.807) is 36.4 Å². The van der Waals surface area contributed by atoms with E-state index in [1.165, 1.54) is 0 Å². The van der Waals surface area contributed by atoms with Crippen LogP contribution in [0.4, 0.5) is 0 Å². The molecule has 0 aliphatic rings. The van der Waals surface area contributed by atoms with Gasteiger partial charge in [0.05, 0.1) is 0 Å². The summed E-state index contributed by atoms with van der Waals surface area (Å²) in [6.07, 6.45) is -2.45. The van der Waals surface area contributed by atoms with E-state index in [1.807, 2.05) is 24.3 Å². The molecule has 2 N–H and O–H groups in total. The van der Waals surface area contributed by atoms with Gasteiger partial charge in [-0.3, -0.25) is 0 Å². The van der Waals surface area contributed by atoms with E-state index in [0.29, 0.717) is 11.5 Å². The van der Waals surface area contributed by atoms with Crippen molar-refractivity contribution < 1.29 is 19.7 Å². The molecule has 0 saturated heterocycles. The first-order valence-corrected chi connectivity index (χ1v) is 6.01. The molecule has 0 aliphatic carbocycles. The second-order valence-electron chi connectivity index (χ2n) is 4.01. The van der Waals surface area contributed by atoms with Crippen LogP contribution in [0.1, 0.15) is 0 Å². The second kappa shape index (κ2) is 6.78. The van der Waals surface area contributed by atoms with E-state index in [-0.39, 0.29) is 6.61 Å². The zero-order chi connectivity index (χ0) is 13.5. The number of ether oxygens (including phenoxy) is 2. The van der Waals surface area contributed by atoms with Gasteiger partial charge in [0.1, 0.15) is 24.2 Å². The van der Waals surface area contributed by atoms with Gasteiger partial charge in [0.25, 0.3) is 0 Å². The minimum absolute atomic E-state index is 0.0436. The summed E-state index contributed by atoms with van der Waals surface area (Å²) in [7, 11) is 0. The van der Waals surface area contributed by atoms with Crippen LogP contribution in [0.2, 0.25) is 0 Å². The van der Waals surface area contributed by atoms with Crippen LogP contribution in [0.3, 0.4) is 0 Å². The van der Waals surface area contributed by atoms with Crippen LogP contribution in [-0.4, -0.2) is 29.2 Å². The summed E-state index contributed by atoms with van der Waals surface area (Å²) in [4.78, 5) is 0. The minimum Gasteiger partial charge on any atom is -0.491 e. The first-order valence-electron chi connectivity index (χ1n) is 6.01. The zero-order valence-electron chi connectivity index (χ0n) is 10.3. The molecule has 2 aromatic carbocycles. The van der Waals surface area contributed by atoms with Gasteiger partial charge in [-0.15, -0.1) is 0 Å². The first kappa shape index (κ1) is 13.4. The van der Waals surface area contributed by atoms with Crippen molar-refractivity contribution in [1.29, 1.82) is 0 Å². The summed E-state index contributed by atoms with van der Waals surface area (Å²) in [6, 6.07) is 17.9. The van der Waals surface area contributed by atoms with Crippen molar-refractivity contribution in [2.75, 3.05) is 6.61 Å². The molecule has 2 aromatic rings. The lowest BCUT2D eigenvalue weighted by molar-refractivity contribution is -0.115. The minimum atomic E-state index is -1.33. The van der Waals surface area contributed by atoms with Crippen LogP contribution in [-0.2, 0) is 0 Å². The lowest BCUT2D eigenvalue weighted by Crippen LogP contribution is -2.36. The van der Waals surface area contributed by atoms with Crippen LogP contribution in [0.15, 0.2) is 60.7 Å². The van der Waals surface area contributed by atoms with Crippen molar-refractivity contribution in [1.82, 2.24) is 0 Å². The molecule has 2 atom stereocenters. The van der Waals surface area contributed by atoms with E-state index >= 15 is 0 Å². The molecule has 2 rings (SSSR count). The number of para-hydroxylation sites is 2. The maximum atomic E-state index is 9.74. The van der Waals surface area contributed by atoms with Gasteiger partial charge in [-0.25, -0.2) is 0 Å². The smallest absolute Gasteiger partial charge is 0.227 e. The van der Waals surface area contributed by atoms with Gasteiger partial charge in [0.15, 0.2) is 0 Å². The van der Waals surface area contributed by atoms with Gasteiger partial charge in [-0.1, -0.05) is 36.4 Å². The lowest BCUT2D eigenvalue weighted by atomic mass is 10.3. The number of hydrogen-bond acceptors (Lipinski definition) is 4. The Labute approximate surface area is 111 Å². The third-order valence-corrected chi connectivity index (χ3v) is 2.49. The zero-order valence-corrected chi connectivity index (χ0v) is 10.3. The lowest BCUT2D eigenvalue weighted by Gasteiger charge is -2.19. The molecule has 19 heavy (non-hydrogen) atoms. The molecule has 0 fully saturated rings. The number of aliphatic hydroxyl groups excluding tert-OH is 2. The van der Waals surface area contributed by atoms with Gasteiger partial charge in [-0.2, -0.15) is 0 Å². The third kappa shape index (κ3) is 4.28. The first-order chi connectivity index (χ1) is 9.25. The number of hydrogen-bond donors (Lipinski definition) is 2. The molecule has 4 heteroatoms. The standard InChI is InChI=1S/C15H16O4/c16-14(11-18-12-7-3-1-4-8-12)15(17)19-13-9-5-2-6-10-13/h1-10,14-17H,11H2. The van der Waals surface area contributed by atoms with Crippen molar-refractivity contribution in [3.8, 4) is 11.5 Å². The van der Waals surface area contributed by atoms with Gasteiger partial charge < -0.3 is 19.7 Å². The summed E-state index contributed by atoms with van der Waals surface area (Å²) in [5.41, 5.74) is 0. The molecular formula is C15H16O4. The molecule has 100 valence electrons. The van der Waals surface area contributed by atoms with Crippen molar-refractivity contribution in [3.05, 3.63) is 60.7 Å². The van der Waals surface area contributed by atoms with Crippen LogP contribution < -0.4 is 9.47 Å². The molecule has 0 amide bonds. The molecule has 0 radical (unpaired) electrons. The molecular weight excluding hydrogens is 244 g/mol. The number of aliphatic hydroxyl groups is 2. The number of benzene rings is 2. The fraction of sp³-hybridized carbons (Fsp3) is 0.200. The van der Waals surface area contributed by atoms with Gasteiger partial charge in [0, 0.05) is 0 Å². The molecule has 4 nitrogen and oxygen atoms in total. The monoisotopic (exact) mass is 260 g/mol. The van der Waals surface area contributed by atoms with E-state index in [9.17, 15) is 10.2 Å². The van der Waals surface area contributed by atoms with Gasteiger partial charge in [0.2, 0.25) is 6.29 Å². The quantitative estimate of drug-likeness (QED) is 0.778. The SMILES string of the molecule is OC(COc1ccccc1)C(O)Oc1ccccc1. The highest BCUT2D eigenvalue weighted by Crippen LogP contribution is 2.13. The highest BCUT2D eigenvalue weighted by Gasteiger charge is 2.18. The third-order valence-electron chi connectivity index (χ3n) is 2.49. The average molecular weight is 260 g/mol. The Kier molecular flexibility index (Phi) is 4.78. The van der Waals surface area contributed by atoms with Crippen molar-refractivity contribution in [2.45, 2.75) is 12.4 Å². The summed E-state index contributed by atoms with van der Waals surface area (Å²) in [5, 5.41) is 19.4. The Bertz CT molecular complexity index is 472. The normalized spacial score (nSPS) is 13.6. The van der Waals surface area contributed by atoms with Gasteiger partial charge >= 0.3 is 0 Å². The Morgan fingerprint density at radius 2 is 1.32 bits per heavy atom. The fourth-order valence-electron chi connectivity index (χ4n) is 1.50. The topological polar surface area (TPSA) is 58.9 Å². The molecule has 0 heterocycles. The Morgan fingerprint density at radius 1 is 0.789 bits per heavy atom. The molecule has 0 aliphatic heterocycles. The summed E-state index contributed by atoms with van der Waals surface area (Å²) < 4.78 is 10.5. The van der Waals surface area contributed by atoms with Crippen molar-refractivity contribution >= 4 is 0 Å². The maximum absolute atomic E-state index is 9.74. The second-order valence-corrected chi connectivity index (χ2v) is 4.01. The van der Waals surface area contributed by atoms with Gasteiger partial charge in [-0.05, 0) is 24.3 Å². The molecule has 0 bridgehead atoms. The van der Waals surface area contributed by atoms with Crippen LogP contribution in [0.5, 0.6) is 11.5 Å². The van der Waals surface area contributed by atoms with Crippen molar-refractivity contribution in [3.63, 3.8) is 0 Å². The molecule has 0 aromatic heterocycles. The molecule has 0 saturated carbocycles. The summed E-state index contributed by atoms with van der Waals surface area (Å²) >= 11 is 0. The maximum Gasteiger partial charge on any atom is 0.227 e. The predicted octanol–water partition coefficient (Wildman–Crippen LogP) is 1.82. The highest BCUT2D eigenvalue weighted by molar-refractivity contribution is 5.22. The van der Waals surface area contributed by atoms with Crippen molar-refractivity contribution in [2.24, 2.45) is 0 Å². The Hall–Kier alpha value is -2.04. The van der Waals surface area contributed by atoms with E-state index in [4.69, 9.17) is 9.47 Å². The fourth-order valence-corrected chi connectivity index (χ4v) is 1.50. The Morgan fingerprint density at radius 3 is 1.89 bits per heavy atom. The number of rotatable bonds is 6. The average Bonchev–Trinajstić information content (AvgIpc) is 2.47. The summed E-state index contributed by atoms with van der Waals surface area (Å²) in [5.74, 6) is 1.13. The Balaban J connectivity index is 1.81. The summed E-state index contributed by atoms with van der Waals surface area (Å²) in [6.45, 7) is -0.0436. The predicted molar refractivity (Wildman–Crippen MR) is 71.0 cm³/mol.